The molecule has 0 bridgehead atoms. The lowest BCUT2D eigenvalue weighted by atomic mass is 10.1. The van der Waals surface area contributed by atoms with Crippen molar-refractivity contribution in [3.8, 4) is 0 Å². The number of rotatable bonds is 10. The van der Waals surface area contributed by atoms with Gasteiger partial charge in [-0.1, -0.05) is 65.8 Å². The van der Waals surface area contributed by atoms with Crippen LogP contribution in [0.4, 0.5) is 15.9 Å². The van der Waals surface area contributed by atoms with Crippen molar-refractivity contribution in [1.82, 2.24) is 25.5 Å². The van der Waals surface area contributed by atoms with Crippen LogP contribution < -0.4 is 5.32 Å². The summed E-state index contributed by atoms with van der Waals surface area (Å²) in [6.07, 6.45) is 5.13. The summed E-state index contributed by atoms with van der Waals surface area (Å²) in [4.78, 5) is 4.31. The third kappa shape index (κ3) is 6.57. The summed E-state index contributed by atoms with van der Waals surface area (Å²) in [5.74, 6) is 0.626. The monoisotopic (exact) mass is 622 g/mol. The van der Waals surface area contributed by atoms with Gasteiger partial charge in [-0.25, -0.2) is 4.39 Å². The fourth-order valence-corrected chi connectivity index (χ4v) is 4.90. The minimum atomic E-state index is -1.10. The van der Waals surface area contributed by atoms with Crippen LogP contribution in [0.2, 0.25) is 0 Å². The van der Waals surface area contributed by atoms with Crippen LogP contribution in [0.25, 0.3) is 33.0 Å². The van der Waals surface area contributed by atoms with E-state index in [0.29, 0.717) is 40.2 Å². The summed E-state index contributed by atoms with van der Waals surface area (Å²) in [5.41, 5.74) is 4.66. The highest BCUT2D eigenvalue weighted by Gasteiger charge is 2.19. The SMILES string of the molecule is CCCCC(F)c1noc2cc(Nc3n[nH]c4cccnc34)ccc12.CCCCC(O)c1noc2cc(Br)ccc12. The minimum absolute atomic E-state index is 0.377. The second-order valence-electron chi connectivity index (χ2n) is 9.85. The number of anilines is 2. The van der Waals surface area contributed by atoms with Crippen LogP contribution in [0.5, 0.6) is 0 Å². The van der Waals surface area contributed by atoms with E-state index in [2.05, 4.69) is 53.7 Å². The molecule has 4 heterocycles. The Morgan fingerprint density at radius 1 is 0.951 bits per heavy atom. The van der Waals surface area contributed by atoms with Gasteiger partial charge in [0.1, 0.15) is 29.2 Å². The second kappa shape index (κ2) is 13.2. The number of halogens is 2. The summed E-state index contributed by atoms with van der Waals surface area (Å²) in [6, 6.07) is 14.9. The van der Waals surface area contributed by atoms with Gasteiger partial charge in [0.25, 0.3) is 0 Å². The van der Waals surface area contributed by atoms with Crippen LogP contribution in [0, 0.1) is 0 Å². The number of nitrogens with zero attached hydrogens (tertiary/aromatic N) is 4. The number of pyridine rings is 1. The van der Waals surface area contributed by atoms with Crippen molar-refractivity contribution in [2.45, 2.75) is 64.6 Å². The lowest BCUT2D eigenvalue weighted by Gasteiger charge is -2.05. The first-order chi connectivity index (χ1) is 20.0. The predicted octanol–water partition coefficient (Wildman–Crippen LogP) is 8.86. The molecule has 6 aromatic rings. The van der Waals surface area contributed by atoms with Crippen LogP contribution in [0.1, 0.15) is 76.0 Å². The van der Waals surface area contributed by atoms with E-state index >= 15 is 0 Å². The molecule has 0 aliphatic carbocycles. The van der Waals surface area contributed by atoms with E-state index in [9.17, 15) is 9.50 Å². The molecule has 9 nitrogen and oxygen atoms in total. The number of benzene rings is 2. The quantitative estimate of drug-likeness (QED) is 0.138. The number of unbranched alkanes of at least 4 members (excludes halogenated alkanes) is 2. The number of H-pyrrole nitrogens is 1. The van der Waals surface area contributed by atoms with E-state index in [0.717, 1.165) is 58.7 Å². The van der Waals surface area contributed by atoms with Gasteiger partial charge in [-0.05, 0) is 55.3 Å². The van der Waals surface area contributed by atoms with E-state index in [1.165, 1.54) is 0 Å². The summed E-state index contributed by atoms with van der Waals surface area (Å²) < 4.78 is 25.8. The van der Waals surface area contributed by atoms with E-state index in [4.69, 9.17) is 9.05 Å². The molecule has 2 atom stereocenters. The molecule has 11 heteroatoms. The van der Waals surface area contributed by atoms with Gasteiger partial charge in [-0.15, -0.1) is 0 Å². The number of fused-ring (bicyclic) bond motifs is 3. The highest BCUT2D eigenvalue weighted by molar-refractivity contribution is 9.10. The zero-order valence-electron chi connectivity index (χ0n) is 22.9. The van der Waals surface area contributed by atoms with E-state index in [-0.39, 0.29) is 0 Å². The van der Waals surface area contributed by atoms with E-state index in [1.54, 1.807) is 12.3 Å². The highest BCUT2D eigenvalue weighted by atomic mass is 79.9. The van der Waals surface area contributed by atoms with Gasteiger partial charge in [-0.3, -0.25) is 10.1 Å². The molecule has 6 rings (SSSR count). The van der Waals surface area contributed by atoms with E-state index < -0.39 is 12.3 Å². The molecule has 0 saturated heterocycles. The second-order valence-corrected chi connectivity index (χ2v) is 10.8. The third-order valence-electron chi connectivity index (χ3n) is 6.80. The Bertz CT molecular complexity index is 1730. The summed E-state index contributed by atoms with van der Waals surface area (Å²) in [5, 5.41) is 29.8. The summed E-state index contributed by atoms with van der Waals surface area (Å²) in [6.45, 7) is 4.14. The molecule has 0 fully saturated rings. The van der Waals surface area contributed by atoms with Gasteiger partial charge in [-0.2, -0.15) is 5.10 Å². The number of aromatic nitrogens is 5. The Morgan fingerprint density at radius 3 is 2.46 bits per heavy atom. The first-order valence-electron chi connectivity index (χ1n) is 13.8. The molecule has 2 unspecified atom stereocenters. The van der Waals surface area contributed by atoms with Gasteiger partial charge >= 0.3 is 0 Å². The Balaban J connectivity index is 0.000000182. The number of hydrogen-bond acceptors (Lipinski definition) is 8. The van der Waals surface area contributed by atoms with Crippen molar-refractivity contribution in [2.24, 2.45) is 0 Å². The lowest BCUT2D eigenvalue weighted by molar-refractivity contribution is 0.156. The molecule has 0 aliphatic rings. The molecule has 2 aromatic carbocycles. The van der Waals surface area contributed by atoms with Gasteiger partial charge in [0.15, 0.2) is 17.0 Å². The maximum absolute atomic E-state index is 14.3. The minimum Gasteiger partial charge on any atom is -0.387 e. The maximum Gasteiger partial charge on any atom is 0.178 e. The first kappa shape index (κ1) is 28.7. The fraction of sp³-hybridized carbons (Fsp3) is 0.333. The number of nitrogens with one attached hydrogen (secondary N) is 2. The van der Waals surface area contributed by atoms with Crippen LogP contribution in [0.15, 0.2) is 68.2 Å². The molecular formula is C30H32BrFN6O3. The normalized spacial score (nSPS) is 12.9. The number of aliphatic hydroxyl groups is 1. The molecule has 0 saturated carbocycles. The largest absolute Gasteiger partial charge is 0.387 e. The Morgan fingerprint density at radius 2 is 1.66 bits per heavy atom. The zero-order chi connectivity index (χ0) is 28.8. The number of aliphatic hydroxyl groups excluding tert-OH is 1. The lowest BCUT2D eigenvalue weighted by Crippen LogP contribution is -1.97. The number of alkyl halides is 1. The van der Waals surface area contributed by atoms with Crippen molar-refractivity contribution < 1.29 is 18.5 Å². The van der Waals surface area contributed by atoms with Gasteiger partial charge < -0.3 is 19.5 Å². The summed E-state index contributed by atoms with van der Waals surface area (Å²) >= 11 is 3.37. The maximum atomic E-state index is 14.3. The predicted molar refractivity (Wildman–Crippen MR) is 161 cm³/mol. The molecular weight excluding hydrogens is 591 g/mol. The van der Waals surface area contributed by atoms with Crippen LogP contribution in [-0.4, -0.2) is 30.6 Å². The molecule has 4 aromatic heterocycles. The first-order valence-corrected chi connectivity index (χ1v) is 14.6. The fourth-order valence-electron chi connectivity index (χ4n) is 4.56. The molecule has 0 aliphatic heterocycles. The Kier molecular flexibility index (Phi) is 9.25. The standard InChI is InChI=1S/C18H18FN5O.C12H14BrNO2/c1-2-3-5-13(19)16-12-8-7-11(10-15(12)25-24-16)21-18-17-14(22-23-18)6-4-9-20-17;1-2-3-4-10(15)12-9-6-5-8(13)7-11(9)16-14-12/h4,6-10,13H,2-3,5H2,1H3,(H2,21,22,23);5-7,10,15H,2-4H2,1H3. The van der Waals surface area contributed by atoms with E-state index in [1.807, 2.05) is 49.4 Å². The van der Waals surface area contributed by atoms with Crippen LogP contribution in [-0.2, 0) is 0 Å². The van der Waals surface area contributed by atoms with Crippen molar-refractivity contribution >= 4 is 60.4 Å². The van der Waals surface area contributed by atoms with Gasteiger partial charge in [0.05, 0.1) is 5.52 Å². The van der Waals surface area contributed by atoms with Crippen LogP contribution >= 0.6 is 15.9 Å². The van der Waals surface area contributed by atoms with Crippen molar-refractivity contribution in [3.63, 3.8) is 0 Å². The molecule has 214 valence electrons. The molecule has 0 radical (unpaired) electrons. The number of hydrogen-bond donors (Lipinski definition) is 3. The van der Waals surface area contributed by atoms with Crippen LogP contribution in [0.3, 0.4) is 0 Å². The van der Waals surface area contributed by atoms with Gasteiger partial charge in [0.2, 0.25) is 0 Å². The average molecular weight is 624 g/mol. The van der Waals surface area contributed by atoms with Crippen molar-refractivity contribution in [3.05, 3.63) is 70.6 Å². The molecule has 3 N–H and O–H groups in total. The van der Waals surface area contributed by atoms with Crippen molar-refractivity contribution in [2.75, 3.05) is 5.32 Å². The highest BCUT2D eigenvalue weighted by Crippen LogP contribution is 2.32. The average Bonchev–Trinajstić information content (AvgIpc) is 3.72. The van der Waals surface area contributed by atoms with Gasteiger partial charge in [0, 0.05) is 33.2 Å². The zero-order valence-corrected chi connectivity index (χ0v) is 24.5. The third-order valence-corrected chi connectivity index (χ3v) is 7.29. The summed E-state index contributed by atoms with van der Waals surface area (Å²) in [7, 11) is 0. The van der Waals surface area contributed by atoms with Crippen molar-refractivity contribution in [1.29, 1.82) is 0 Å². The smallest absolute Gasteiger partial charge is 0.178 e. The topological polar surface area (TPSA) is 126 Å². The molecule has 41 heavy (non-hydrogen) atoms. The number of aromatic amines is 1. The molecule has 0 amide bonds. The Hall–Kier alpha value is -3.83. The molecule has 0 spiro atoms. The Labute approximate surface area is 244 Å².